The van der Waals surface area contributed by atoms with Crippen LogP contribution in [0.1, 0.15) is 24.2 Å². The minimum atomic E-state index is 0.0458. The standard InChI is InChI=1S/C12H16N4O/c1-3-17-10-6-4-9(5-7-10)12(13-2)11-8-14-16-15-11/h4-8,12-13H,3H2,1-2H3,(H,14,15,16). The van der Waals surface area contributed by atoms with Crippen molar-refractivity contribution in [2.45, 2.75) is 13.0 Å². The van der Waals surface area contributed by atoms with Crippen LogP contribution in [0.4, 0.5) is 0 Å². The zero-order valence-electron chi connectivity index (χ0n) is 9.97. The molecule has 2 rings (SSSR count). The summed E-state index contributed by atoms with van der Waals surface area (Å²) in [5, 5.41) is 13.7. The molecule has 1 unspecified atom stereocenters. The topological polar surface area (TPSA) is 62.8 Å². The Labute approximate surface area is 100 Å². The lowest BCUT2D eigenvalue weighted by Crippen LogP contribution is -2.18. The second-order valence-corrected chi connectivity index (χ2v) is 3.62. The average molecular weight is 232 g/mol. The highest BCUT2D eigenvalue weighted by Crippen LogP contribution is 2.21. The maximum absolute atomic E-state index is 5.41. The average Bonchev–Trinajstić information content (AvgIpc) is 2.86. The van der Waals surface area contributed by atoms with Crippen molar-refractivity contribution in [1.82, 2.24) is 20.7 Å². The van der Waals surface area contributed by atoms with Crippen molar-refractivity contribution in [3.8, 4) is 5.75 Å². The molecule has 0 saturated carbocycles. The van der Waals surface area contributed by atoms with E-state index in [4.69, 9.17) is 4.74 Å². The lowest BCUT2D eigenvalue weighted by atomic mass is 10.0. The number of ether oxygens (including phenoxy) is 1. The molecule has 2 N–H and O–H groups in total. The molecule has 17 heavy (non-hydrogen) atoms. The van der Waals surface area contributed by atoms with E-state index >= 15 is 0 Å². The van der Waals surface area contributed by atoms with Crippen LogP contribution in [0.25, 0.3) is 0 Å². The molecule has 5 heteroatoms. The molecule has 1 heterocycles. The Bertz CT molecular complexity index is 438. The van der Waals surface area contributed by atoms with Gasteiger partial charge in [0.05, 0.1) is 18.8 Å². The first-order chi connectivity index (χ1) is 8.35. The summed E-state index contributed by atoms with van der Waals surface area (Å²) in [6, 6.07) is 8.03. The van der Waals surface area contributed by atoms with Gasteiger partial charge in [0.25, 0.3) is 0 Å². The number of H-pyrrole nitrogens is 1. The van der Waals surface area contributed by atoms with Crippen LogP contribution in [-0.2, 0) is 0 Å². The van der Waals surface area contributed by atoms with Gasteiger partial charge in [0.1, 0.15) is 11.4 Å². The second-order valence-electron chi connectivity index (χ2n) is 3.62. The third kappa shape index (κ3) is 2.62. The van der Waals surface area contributed by atoms with Gasteiger partial charge in [-0.3, -0.25) is 0 Å². The zero-order valence-corrected chi connectivity index (χ0v) is 9.97. The van der Waals surface area contributed by atoms with Crippen LogP contribution < -0.4 is 10.1 Å². The van der Waals surface area contributed by atoms with Crippen LogP contribution in [-0.4, -0.2) is 29.1 Å². The first-order valence-electron chi connectivity index (χ1n) is 5.60. The maximum Gasteiger partial charge on any atom is 0.119 e. The van der Waals surface area contributed by atoms with Crippen molar-refractivity contribution in [2.24, 2.45) is 0 Å². The summed E-state index contributed by atoms with van der Waals surface area (Å²) < 4.78 is 5.41. The van der Waals surface area contributed by atoms with E-state index in [2.05, 4.69) is 20.7 Å². The van der Waals surface area contributed by atoms with Gasteiger partial charge in [-0.05, 0) is 31.7 Å². The number of aromatic amines is 1. The van der Waals surface area contributed by atoms with Crippen LogP contribution in [0.5, 0.6) is 5.75 Å². The Hall–Kier alpha value is -1.88. The lowest BCUT2D eigenvalue weighted by Gasteiger charge is -2.14. The van der Waals surface area contributed by atoms with Crippen LogP contribution in [0.3, 0.4) is 0 Å². The molecule has 0 aliphatic rings. The quantitative estimate of drug-likeness (QED) is 0.820. The molecular weight excluding hydrogens is 216 g/mol. The van der Waals surface area contributed by atoms with Gasteiger partial charge in [-0.2, -0.15) is 15.4 Å². The number of rotatable bonds is 5. The minimum Gasteiger partial charge on any atom is -0.494 e. The molecule has 0 bridgehead atoms. The molecule has 0 aliphatic heterocycles. The molecule has 1 aromatic carbocycles. The van der Waals surface area contributed by atoms with E-state index in [-0.39, 0.29) is 6.04 Å². The number of aromatic nitrogens is 3. The van der Waals surface area contributed by atoms with Crippen LogP contribution in [0.15, 0.2) is 30.5 Å². The largest absolute Gasteiger partial charge is 0.494 e. The van der Waals surface area contributed by atoms with Gasteiger partial charge in [-0.25, -0.2) is 0 Å². The first kappa shape index (κ1) is 11.6. The molecular formula is C12H16N4O. The van der Waals surface area contributed by atoms with Gasteiger partial charge in [0, 0.05) is 0 Å². The molecule has 90 valence electrons. The second kappa shape index (κ2) is 5.45. The van der Waals surface area contributed by atoms with Gasteiger partial charge in [0.2, 0.25) is 0 Å². The van der Waals surface area contributed by atoms with Crippen LogP contribution >= 0.6 is 0 Å². The van der Waals surface area contributed by atoms with Crippen molar-refractivity contribution in [3.05, 3.63) is 41.7 Å². The zero-order chi connectivity index (χ0) is 12.1. The Morgan fingerprint density at radius 2 is 2.12 bits per heavy atom. The molecule has 0 radical (unpaired) electrons. The van der Waals surface area contributed by atoms with Crippen molar-refractivity contribution < 1.29 is 4.74 Å². The molecule has 0 fully saturated rings. The van der Waals surface area contributed by atoms with E-state index in [9.17, 15) is 0 Å². The van der Waals surface area contributed by atoms with E-state index in [0.29, 0.717) is 6.61 Å². The summed E-state index contributed by atoms with van der Waals surface area (Å²) in [5.74, 6) is 0.881. The van der Waals surface area contributed by atoms with E-state index in [0.717, 1.165) is 17.0 Å². The summed E-state index contributed by atoms with van der Waals surface area (Å²) in [6.07, 6.45) is 1.72. The molecule has 0 amide bonds. The highest BCUT2D eigenvalue weighted by Gasteiger charge is 2.14. The SMILES string of the molecule is CCOc1ccc(C(NC)c2cn[nH]n2)cc1. The van der Waals surface area contributed by atoms with Crippen LogP contribution in [0, 0.1) is 0 Å². The first-order valence-corrected chi connectivity index (χ1v) is 5.60. The van der Waals surface area contributed by atoms with Crippen LogP contribution in [0.2, 0.25) is 0 Å². The maximum atomic E-state index is 5.41. The molecule has 0 spiro atoms. The summed E-state index contributed by atoms with van der Waals surface area (Å²) in [7, 11) is 1.90. The smallest absolute Gasteiger partial charge is 0.119 e. The van der Waals surface area contributed by atoms with E-state index in [1.165, 1.54) is 0 Å². The summed E-state index contributed by atoms with van der Waals surface area (Å²) in [4.78, 5) is 0. The Morgan fingerprint density at radius 1 is 1.35 bits per heavy atom. The Balaban J connectivity index is 2.20. The van der Waals surface area contributed by atoms with Gasteiger partial charge >= 0.3 is 0 Å². The fraction of sp³-hybridized carbons (Fsp3) is 0.333. The molecule has 5 nitrogen and oxygen atoms in total. The van der Waals surface area contributed by atoms with Crippen molar-refractivity contribution in [3.63, 3.8) is 0 Å². The summed E-state index contributed by atoms with van der Waals surface area (Å²) >= 11 is 0. The lowest BCUT2D eigenvalue weighted by molar-refractivity contribution is 0.340. The van der Waals surface area contributed by atoms with E-state index in [1.54, 1.807) is 6.20 Å². The summed E-state index contributed by atoms with van der Waals surface area (Å²) in [5.41, 5.74) is 2.00. The number of nitrogens with zero attached hydrogens (tertiary/aromatic N) is 2. The molecule has 0 saturated heterocycles. The van der Waals surface area contributed by atoms with Gasteiger partial charge < -0.3 is 10.1 Å². The van der Waals surface area contributed by atoms with Crippen molar-refractivity contribution in [1.29, 1.82) is 0 Å². The number of benzene rings is 1. The highest BCUT2D eigenvalue weighted by atomic mass is 16.5. The highest BCUT2D eigenvalue weighted by molar-refractivity contribution is 5.32. The number of nitrogens with one attached hydrogen (secondary N) is 2. The van der Waals surface area contributed by atoms with Gasteiger partial charge in [-0.1, -0.05) is 12.1 Å². The molecule has 2 aromatic rings. The van der Waals surface area contributed by atoms with Crippen molar-refractivity contribution >= 4 is 0 Å². The normalized spacial score (nSPS) is 12.4. The number of hydrogen-bond donors (Lipinski definition) is 2. The van der Waals surface area contributed by atoms with Crippen molar-refractivity contribution in [2.75, 3.05) is 13.7 Å². The Morgan fingerprint density at radius 3 is 2.65 bits per heavy atom. The summed E-state index contributed by atoms with van der Waals surface area (Å²) in [6.45, 7) is 2.65. The predicted molar refractivity (Wildman–Crippen MR) is 64.9 cm³/mol. The van der Waals surface area contributed by atoms with E-state index in [1.807, 2.05) is 38.2 Å². The minimum absolute atomic E-state index is 0.0458. The molecule has 1 aromatic heterocycles. The van der Waals surface area contributed by atoms with Gasteiger partial charge in [0.15, 0.2) is 0 Å². The third-order valence-electron chi connectivity index (χ3n) is 2.54. The molecule has 0 aliphatic carbocycles. The fourth-order valence-corrected chi connectivity index (χ4v) is 1.76. The Kier molecular flexibility index (Phi) is 3.72. The van der Waals surface area contributed by atoms with Gasteiger partial charge in [-0.15, -0.1) is 0 Å². The molecule has 1 atom stereocenters. The van der Waals surface area contributed by atoms with E-state index < -0.39 is 0 Å². The predicted octanol–water partition coefficient (Wildman–Crippen LogP) is 1.51. The third-order valence-corrected chi connectivity index (χ3v) is 2.54. The number of hydrogen-bond acceptors (Lipinski definition) is 4. The monoisotopic (exact) mass is 232 g/mol. The fourth-order valence-electron chi connectivity index (χ4n) is 1.76.